The average molecular weight is 280 g/mol. The zero-order valence-electron chi connectivity index (χ0n) is 12.2. The van der Waals surface area contributed by atoms with E-state index in [1.54, 1.807) is 0 Å². The molecule has 0 saturated carbocycles. The highest BCUT2D eigenvalue weighted by Gasteiger charge is 2.24. The van der Waals surface area contributed by atoms with Crippen molar-refractivity contribution in [3.63, 3.8) is 0 Å². The molecular weight excluding hydrogens is 260 g/mol. The number of hydrogen-bond donors (Lipinski definition) is 2. The monoisotopic (exact) mass is 280 g/mol. The van der Waals surface area contributed by atoms with Gasteiger partial charge in [-0.3, -0.25) is 10.1 Å². The summed E-state index contributed by atoms with van der Waals surface area (Å²) in [6, 6.07) is 17.0. The highest BCUT2D eigenvalue weighted by atomic mass is 16.1. The van der Waals surface area contributed by atoms with Gasteiger partial charge in [0.2, 0.25) is 5.91 Å². The Labute approximate surface area is 125 Å². The van der Waals surface area contributed by atoms with E-state index in [1.165, 1.54) is 22.3 Å². The summed E-state index contributed by atoms with van der Waals surface area (Å²) in [7, 11) is 0. The van der Waals surface area contributed by atoms with Crippen molar-refractivity contribution in [2.45, 2.75) is 19.4 Å². The topological polar surface area (TPSA) is 41.1 Å². The Morgan fingerprint density at radius 2 is 1.62 bits per heavy atom. The molecule has 0 fully saturated rings. The smallest absolute Gasteiger partial charge is 0.233 e. The Kier molecular flexibility index (Phi) is 4.02. The summed E-state index contributed by atoms with van der Waals surface area (Å²) in [5.41, 5.74) is 5.23. The van der Waals surface area contributed by atoms with Gasteiger partial charge in [0.05, 0.1) is 12.6 Å². The second-order valence-corrected chi connectivity index (χ2v) is 5.34. The number of rotatable bonds is 4. The zero-order chi connectivity index (χ0) is 14.7. The molecule has 2 aromatic carbocycles. The van der Waals surface area contributed by atoms with Crippen LogP contribution in [0.25, 0.3) is 0 Å². The predicted octanol–water partition coefficient (Wildman–Crippen LogP) is 2.41. The van der Waals surface area contributed by atoms with E-state index in [9.17, 15) is 4.79 Å². The van der Waals surface area contributed by atoms with Crippen molar-refractivity contribution in [3.05, 3.63) is 70.8 Å². The number of nitrogens with one attached hydrogen (secondary N) is 2. The van der Waals surface area contributed by atoms with Gasteiger partial charge >= 0.3 is 0 Å². The first-order valence-electron chi connectivity index (χ1n) is 7.45. The van der Waals surface area contributed by atoms with E-state index < -0.39 is 0 Å². The average Bonchev–Trinajstić information content (AvgIpc) is 2.51. The Hall–Kier alpha value is -2.13. The summed E-state index contributed by atoms with van der Waals surface area (Å²) in [6.45, 7) is 2.93. The maximum Gasteiger partial charge on any atom is 0.233 e. The van der Waals surface area contributed by atoms with Crippen LogP contribution in [0.1, 0.15) is 35.2 Å². The van der Waals surface area contributed by atoms with Gasteiger partial charge in [-0.2, -0.15) is 0 Å². The van der Waals surface area contributed by atoms with Crippen LogP contribution in [0.2, 0.25) is 0 Å². The minimum absolute atomic E-state index is 0.0398. The number of carbonyl (C=O) groups is 1. The molecule has 0 spiro atoms. The van der Waals surface area contributed by atoms with E-state index in [4.69, 9.17) is 0 Å². The van der Waals surface area contributed by atoms with Gasteiger partial charge in [-0.1, -0.05) is 48.5 Å². The quantitative estimate of drug-likeness (QED) is 0.903. The molecule has 1 amide bonds. The van der Waals surface area contributed by atoms with E-state index >= 15 is 0 Å². The fourth-order valence-corrected chi connectivity index (χ4v) is 3.00. The van der Waals surface area contributed by atoms with Gasteiger partial charge in [-0.25, -0.2) is 0 Å². The molecule has 1 aliphatic rings. The molecule has 0 saturated heterocycles. The number of fused-ring (bicyclic) bond motifs is 2. The largest absolute Gasteiger partial charge is 0.355 e. The molecule has 0 atom stereocenters. The molecule has 21 heavy (non-hydrogen) atoms. The normalized spacial score (nSPS) is 13.4. The fraction of sp³-hybridized carbons (Fsp3) is 0.278. The van der Waals surface area contributed by atoms with E-state index in [0.717, 1.165) is 6.42 Å². The molecule has 0 heterocycles. The Balaban J connectivity index is 1.89. The molecule has 0 radical (unpaired) electrons. The van der Waals surface area contributed by atoms with Crippen molar-refractivity contribution in [3.8, 4) is 0 Å². The van der Waals surface area contributed by atoms with Crippen molar-refractivity contribution in [1.82, 2.24) is 10.6 Å². The molecule has 2 N–H and O–H groups in total. The highest BCUT2D eigenvalue weighted by molar-refractivity contribution is 5.78. The van der Waals surface area contributed by atoms with Gasteiger partial charge in [0.25, 0.3) is 0 Å². The van der Waals surface area contributed by atoms with E-state index in [0.29, 0.717) is 13.1 Å². The second-order valence-electron chi connectivity index (χ2n) is 5.34. The van der Waals surface area contributed by atoms with Crippen LogP contribution in [-0.4, -0.2) is 19.0 Å². The van der Waals surface area contributed by atoms with Gasteiger partial charge in [0, 0.05) is 6.54 Å². The maximum absolute atomic E-state index is 11.7. The van der Waals surface area contributed by atoms with Crippen LogP contribution < -0.4 is 10.6 Å². The van der Waals surface area contributed by atoms with Crippen molar-refractivity contribution < 1.29 is 4.79 Å². The lowest BCUT2D eigenvalue weighted by Crippen LogP contribution is -2.37. The maximum atomic E-state index is 11.7. The summed E-state index contributed by atoms with van der Waals surface area (Å²) in [4.78, 5) is 11.7. The molecule has 3 heteroatoms. The number of amides is 1. The number of hydrogen-bond acceptors (Lipinski definition) is 2. The van der Waals surface area contributed by atoms with Crippen LogP contribution in [-0.2, 0) is 11.2 Å². The predicted molar refractivity (Wildman–Crippen MR) is 84.2 cm³/mol. The third-order valence-corrected chi connectivity index (χ3v) is 3.95. The van der Waals surface area contributed by atoms with E-state index in [2.05, 4.69) is 59.2 Å². The van der Waals surface area contributed by atoms with Crippen molar-refractivity contribution in [1.29, 1.82) is 0 Å². The third kappa shape index (κ3) is 2.83. The lowest BCUT2D eigenvalue weighted by molar-refractivity contribution is -0.120. The van der Waals surface area contributed by atoms with Crippen LogP contribution in [0.4, 0.5) is 0 Å². The van der Waals surface area contributed by atoms with Gasteiger partial charge in [-0.05, 0) is 35.6 Å². The van der Waals surface area contributed by atoms with Gasteiger partial charge in [0.15, 0.2) is 0 Å². The van der Waals surface area contributed by atoms with Crippen molar-refractivity contribution in [2.75, 3.05) is 13.1 Å². The van der Waals surface area contributed by atoms with Gasteiger partial charge < -0.3 is 5.32 Å². The summed E-state index contributed by atoms with van der Waals surface area (Å²) < 4.78 is 0. The summed E-state index contributed by atoms with van der Waals surface area (Å²) in [6.07, 6.45) is 0.964. The van der Waals surface area contributed by atoms with Crippen molar-refractivity contribution in [2.24, 2.45) is 0 Å². The Bertz CT molecular complexity index is 606. The summed E-state index contributed by atoms with van der Waals surface area (Å²) in [5, 5.41) is 6.24. The minimum atomic E-state index is 0.0398. The molecule has 1 aliphatic carbocycles. The molecule has 2 aromatic rings. The molecule has 0 bridgehead atoms. The standard InChI is InChI=1S/C18H20N2O/c1-2-19-17(21)12-20-18-15-9-5-3-7-13(15)11-14-8-4-6-10-16(14)18/h3-10,18,20H,2,11-12H2,1H3,(H,19,21). The first kappa shape index (κ1) is 13.8. The Morgan fingerprint density at radius 3 is 2.19 bits per heavy atom. The van der Waals surface area contributed by atoms with Crippen LogP contribution >= 0.6 is 0 Å². The molecule has 3 nitrogen and oxygen atoms in total. The molecule has 108 valence electrons. The second kappa shape index (κ2) is 6.10. The number of carbonyl (C=O) groups excluding carboxylic acids is 1. The van der Waals surface area contributed by atoms with Crippen LogP contribution in [0.5, 0.6) is 0 Å². The van der Waals surface area contributed by atoms with Crippen LogP contribution in [0, 0.1) is 0 Å². The van der Waals surface area contributed by atoms with Crippen LogP contribution in [0.3, 0.4) is 0 Å². The zero-order valence-corrected chi connectivity index (χ0v) is 12.2. The highest BCUT2D eigenvalue weighted by Crippen LogP contribution is 2.34. The molecular formula is C18H20N2O. The first-order chi connectivity index (χ1) is 10.3. The lowest BCUT2D eigenvalue weighted by atomic mass is 9.82. The number of benzene rings is 2. The lowest BCUT2D eigenvalue weighted by Gasteiger charge is -2.29. The van der Waals surface area contributed by atoms with Gasteiger partial charge in [-0.15, -0.1) is 0 Å². The number of likely N-dealkylation sites (N-methyl/N-ethyl adjacent to an activating group) is 1. The fourth-order valence-electron chi connectivity index (χ4n) is 3.00. The first-order valence-corrected chi connectivity index (χ1v) is 7.45. The summed E-state index contributed by atoms with van der Waals surface area (Å²) >= 11 is 0. The van der Waals surface area contributed by atoms with Crippen molar-refractivity contribution >= 4 is 5.91 Å². The molecule has 0 aliphatic heterocycles. The summed E-state index contributed by atoms with van der Waals surface area (Å²) in [5.74, 6) is 0.0398. The van der Waals surface area contributed by atoms with Gasteiger partial charge in [0.1, 0.15) is 0 Å². The SMILES string of the molecule is CCNC(=O)CNC1c2ccccc2Cc2ccccc21. The molecule has 0 unspecified atom stereocenters. The molecule has 3 rings (SSSR count). The Morgan fingerprint density at radius 1 is 1.05 bits per heavy atom. The van der Waals surface area contributed by atoms with Crippen LogP contribution in [0.15, 0.2) is 48.5 Å². The third-order valence-electron chi connectivity index (χ3n) is 3.95. The van der Waals surface area contributed by atoms with E-state index in [1.807, 2.05) is 6.92 Å². The molecule has 0 aromatic heterocycles. The van der Waals surface area contributed by atoms with E-state index in [-0.39, 0.29) is 11.9 Å². The minimum Gasteiger partial charge on any atom is -0.355 e.